The summed E-state index contributed by atoms with van der Waals surface area (Å²) in [6, 6.07) is 19.7. The Bertz CT molecular complexity index is 1060. The first kappa shape index (κ1) is 17.3. The monoisotopic (exact) mass is 374 g/mol. The van der Waals surface area contributed by atoms with Crippen LogP contribution in [-0.2, 0) is 11.3 Å². The highest BCUT2D eigenvalue weighted by Gasteiger charge is 2.10. The number of nitrogens with one attached hydrogen (secondary N) is 1. The minimum absolute atomic E-state index is 0.0642. The Labute approximate surface area is 161 Å². The van der Waals surface area contributed by atoms with Gasteiger partial charge in [0.1, 0.15) is 0 Å². The summed E-state index contributed by atoms with van der Waals surface area (Å²) in [6.07, 6.45) is 5.44. The van der Waals surface area contributed by atoms with Crippen LogP contribution in [0.4, 0.5) is 5.69 Å². The van der Waals surface area contributed by atoms with E-state index in [1.165, 1.54) is 17.3 Å². The van der Waals surface area contributed by atoms with E-state index in [9.17, 15) is 4.79 Å². The van der Waals surface area contributed by atoms with Gasteiger partial charge in [-0.05, 0) is 29.8 Å². The maximum absolute atomic E-state index is 12.4. The standard InChI is InChI=1S/C21H18N4OS/c26-20(24-19-10-4-9-18-17(19)8-5-11-22-18)15-27-21-23-12-13-25(21)14-16-6-2-1-3-7-16/h1-13H,14-15H2,(H,24,26). The van der Waals surface area contributed by atoms with Crippen molar-refractivity contribution in [1.29, 1.82) is 0 Å². The van der Waals surface area contributed by atoms with Gasteiger partial charge >= 0.3 is 0 Å². The second kappa shape index (κ2) is 8.05. The average molecular weight is 374 g/mol. The summed E-state index contributed by atoms with van der Waals surface area (Å²) in [5, 5.41) is 4.74. The lowest BCUT2D eigenvalue weighted by Crippen LogP contribution is -2.15. The number of aromatic nitrogens is 3. The van der Waals surface area contributed by atoms with Crippen molar-refractivity contribution in [3.63, 3.8) is 0 Å². The van der Waals surface area contributed by atoms with Crippen LogP contribution in [0.2, 0.25) is 0 Å². The molecule has 4 aromatic rings. The molecule has 0 spiro atoms. The summed E-state index contributed by atoms with van der Waals surface area (Å²) in [4.78, 5) is 21.1. The lowest BCUT2D eigenvalue weighted by atomic mass is 10.2. The molecule has 0 radical (unpaired) electrons. The van der Waals surface area contributed by atoms with Crippen molar-refractivity contribution >= 4 is 34.3 Å². The van der Waals surface area contributed by atoms with Crippen molar-refractivity contribution in [2.24, 2.45) is 0 Å². The van der Waals surface area contributed by atoms with Gasteiger partial charge in [0, 0.05) is 30.5 Å². The first-order valence-corrected chi connectivity index (χ1v) is 9.59. The minimum Gasteiger partial charge on any atom is -0.325 e. The molecule has 5 nitrogen and oxygen atoms in total. The van der Waals surface area contributed by atoms with E-state index in [4.69, 9.17) is 0 Å². The van der Waals surface area contributed by atoms with Crippen LogP contribution in [0.5, 0.6) is 0 Å². The van der Waals surface area contributed by atoms with Crippen molar-refractivity contribution in [3.05, 3.63) is 84.8 Å². The van der Waals surface area contributed by atoms with E-state index < -0.39 is 0 Å². The van der Waals surface area contributed by atoms with Crippen molar-refractivity contribution in [2.75, 3.05) is 11.1 Å². The quantitative estimate of drug-likeness (QED) is 0.514. The van der Waals surface area contributed by atoms with Crippen molar-refractivity contribution < 1.29 is 4.79 Å². The number of imidazole rings is 1. The number of carbonyl (C=O) groups excluding carboxylic acids is 1. The van der Waals surface area contributed by atoms with Crippen LogP contribution in [0.15, 0.2) is 84.4 Å². The largest absolute Gasteiger partial charge is 0.325 e. The molecule has 0 bridgehead atoms. The highest BCUT2D eigenvalue weighted by Crippen LogP contribution is 2.22. The molecular formula is C21H18N4OS. The van der Waals surface area contributed by atoms with Crippen LogP contribution in [0.3, 0.4) is 0 Å². The van der Waals surface area contributed by atoms with E-state index in [1.54, 1.807) is 12.4 Å². The highest BCUT2D eigenvalue weighted by atomic mass is 32.2. The van der Waals surface area contributed by atoms with Gasteiger partial charge in [-0.15, -0.1) is 0 Å². The molecule has 2 aromatic heterocycles. The molecule has 0 fully saturated rings. The predicted octanol–water partition coefficient (Wildman–Crippen LogP) is 4.21. The zero-order chi connectivity index (χ0) is 18.5. The van der Waals surface area contributed by atoms with Gasteiger partial charge in [-0.2, -0.15) is 0 Å². The second-order valence-corrected chi connectivity index (χ2v) is 6.98. The normalized spacial score (nSPS) is 10.8. The predicted molar refractivity (Wildman–Crippen MR) is 109 cm³/mol. The van der Waals surface area contributed by atoms with Gasteiger partial charge in [-0.25, -0.2) is 4.98 Å². The van der Waals surface area contributed by atoms with Gasteiger partial charge in [0.25, 0.3) is 0 Å². The van der Waals surface area contributed by atoms with Gasteiger partial charge in [0.05, 0.1) is 17.0 Å². The first-order valence-electron chi connectivity index (χ1n) is 8.61. The third kappa shape index (κ3) is 4.17. The topological polar surface area (TPSA) is 59.8 Å². The number of hydrogen-bond donors (Lipinski definition) is 1. The number of fused-ring (bicyclic) bond motifs is 1. The SMILES string of the molecule is O=C(CSc1nccn1Cc1ccccc1)Nc1cccc2ncccc12. The first-order chi connectivity index (χ1) is 13.3. The molecule has 1 N–H and O–H groups in total. The molecule has 0 aliphatic heterocycles. The second-order valence-electron chi connectivity index (χ2n) is 6.04. The van der Waals surface area contributed by atoms with Crippen LogP contribution in [0.25, 0.3) is 10.9 Å². The van der Waals surface area contributed by atoms with E-state index in [-0.39, 0.29) is 5.91 Å². The number of nitrogens with zero attached hydrogens (tertiary/aromatic N) is 3. The van der Waals surface area contributed by atoms with E-state index in [0.717, 1.165) is 28.3 Å². The summed E-state index contributed by atoms with van der Waals surface area (Å²) >= 11 is 1.43. The Morgan fingerprint density at radius 3 is 2.74 bits per heavy atom. The fraction of sp³-hybridized carbons (Fsp3) is 0.0952. The minimum atomic E-state index is -0.0642. The molecule has 0 unspecified atom stereocenters. The molecule has 4 rings (SSSR count). The van der Waals surface area contributed by atoms with Crippen molar-refractivity contribution in [3.8, 4) is 0 Å². The van der Waals surface area contributed by atoms with Crippen LogP contribution in [0.1, 0.15) is 5.56 Å². The maximum Gasteiger partial charge on any atom is 0.234 e. The summed E-state index contributed by atoms with van der Waals surface area (Å²) in [7, 11) is 0. The molecule has 0 aliphatic rings. The van der Waals surface area contributed by atoms with Crippen LogP contribution in [0, 0.1) is 0 Å². The zero-order valence-electron chi connectivity index (χ0n) is 14.6. The highest BCUT2D eigenvalue weighted by molar-refractivity contribution is 7.99. The Hall–Kier alpha value is -3.12. The molecule has 1 amide bonds. The number of carbonyl (C=O) groups is 1. The lowest BCUT2D eigenvalue weighted by molar-refractivity contribution is -0.113. The fourth-order valence-electron chi connectivity index (χ4n) is 2.86. The van der Waals surface area contributed by atoms with Gasteiger partial charge < -0.3 is 9.88 Å². The summed E-state index contributed by atoms with van der Waals surface area (Å²) in [6.45, 7) is 0.736. The molecule has 2 aromatic carbocycles. The number of anilines is 1. The number of benzene rings is 2. The summed E-state index contributed by atoms with van der Waals surface area (Å²) in [5.41, 5.74) is 2.84. The fourth-order valence-corrected chi connectivity index (χ4v) is 3.62. The van der Waals surface area contributed by atoms with Crippen LogP contribution >= 0.6 is 11.8 Å². The smallest absolute Gasteiger partial charge is 0.234 e. The Morgan fingerprint density at radius 1 is 0.963 bits per heavy atom. The molecule has 2 heterocycles. The van der Waals surface area contributed by atoms with Gasteiger partial charge in [0.15, 0.2) is 5.16 Å². The maximum atomic E-state index is 12.4. The van der Waals surface area contributed by atoms with Crippen LogP contribution in [-0.4, -0.2) is 26.2 Å². The molecule has 0 atom stereocenters. The number of amides is 1. The molecule has 0 saturated heterocycles. The Morgan fingerprint density at radius 2 is 1.85 bits per heavy atom. The molecule has 0 aliphatic carbocycles. The number of pyridine rings is 1. The molecule has 27 heavy (non-hydrogen) atoms. The molecular weight excluding hydrogens is 356 g/mol. The summed E-state index contributed by atoms with van der Waals surface area (Å²) < 4.78 is 2.05. The van der Waals surface area contributed by atoms with Gasteiger partial charge in [0.2, 0.25) is 5.91 Å². The summed E-state index contributed by atoms with van der Waals surface area (Å²) in [5.74, 6) is 0.230. The molecule has 134 valence electrons. The van der Waals surface area contributed by atoms with Crippen molar-refractivity contribution in [2.45, 2.75) is 11.7 Å². The molecule has 6 heteroatoms. The van der Waals surface area contributed by atoms with E-state index >= 15 is 0 Å². The zero-order valence-corrected chi connectivity index (χ0v) is 15.4. The van der Waals surface area contributed by atoms with E-state index in [1.807, 2.05) is 54.7 Å². The third-order valence-electron chi connectivity index (χ3n) is 4.13. The number of rotatable bonds is 6. The Balaban J connectivity index is 1.41. The average Bonchev–Trinajstić information content (AvgIpc) is 3.14. The molecule has 0 saturated carbocycles. The van der Waals surface area contributed by atoms with E-state index in [0.29, 0.717) is 5.75 Å². The Kier molecular flexibility index (Phi) is 5.16. The number of thioether (sulfide) groups is 1. The van der Waals surface area contributed by atoms with Crippen molar-refractivity contribution in [1.82, 2.24) is 14.5 Å². The lowest BCUT2D eigenvalue weighted by Gasteiger charge is -2.09. The van der Waals surface area contributed by atoms with Crippen LogP contribution < -0.4 is 5.32 Å². The third-order valence-corrected chi connectivity index (χ3v) is 5.13. The van der Waals surface area contributed by atoms with E-state index in [2.05, 4.69) is 32.0 Å². The van der Waals surface area contributed by atoms with Gasteiger partial charge in [-0.3, -0.25) is 9.78 Å². The number of hydrogen-bond acceptors (Lipinski definition) is 4. The van der Waals surface area contributed by atoms with Gasteiger partial charge in [-0.1, -0.05) is 48.2 Å².